The predicted octanol–water partition coefficient (Wildman–Crippen LogP) is 1.86. The van der Waals surface area contributed by atoms with E-state index in [1.54, 1.807) is 16.8 Å². The zero-order valence-corrected chi connectivity index (χ0v) is 10.5. The molecule has 2 aromatic rings. The van der Waals surface area contributed by atoms with Gasteiger partial charge in [-0.05, 0) is 12.1 Å². The van der Waals surface area contributed by atoms with Crippen LogP contribution >= 0.6 is 0 Å². The summed E-state index contributed by atoms with van der Waals surface area (Å²) in [5.41, 5.74) is 1.55. The van der Waals surface area contributed by atoms with E-state index >= 15 is 0 Å². The van der Waals surface area contributed by atoms with E-state index in [0.717, 1.165) is 5.69 Å². The molecule has 0 fully saturated rings. The van der Waals surface area contributed by atoms with Crippen molar-refractivity contribution in [1.82, 2.24) is 15.1 Å². The molecule has 0 aliphatic rings. The predicted molar refractivity (Wildman–Crippen MR) is 66.7 cm³/mol. The van der Waals surface area contributed by atoms with E-state index in [0.29, 0.717) is 24.4 Å². The van der Waals surface area contributed by atoms with Gasteiger partial charge in [-0.15, -0.1) is 0 Å². The highest BCUT2D eigenvalue weighted by molar-refractivity contribution is 5.28. The van der Waals surface area contributed by atoms with Gasteiger partial charge in [-0.25, -0.2) is 4.39 Å². The maximum Gasteiger partial charge on any atom is 0.131 e. The van der Waals surface area contributed by atoms with Gasteiger partial charge in [-0.1, -0.05) is 6.07 Å². The Morgan fingerprint density at radius 2 is 2.17 bits per heavy atom. The Balaban J connectivity index is 1.90. The third-order valence-corrected chi connectivity index (χ3v) is 2.65. The fourth-order valence-electron chi connectivity index (χ4n) is 1.68. The van der Waals surface area contributed by atoms with Crippen LogP contribution in [0, 0.1) is 5.82 Å². The summed E-state index contributed by atoms with van der Waals surface area (Å²) in [6.07, 6.45) is 1.88. The number of rotatable bonds is 5. The van der Waals surface area contributed by atoms with Gasteiger partial charge in [0.1, 0.15) is 11.6 Å². The molecule has 0 saturated heterocycles. The molecule has 96 valence electrons. The fraction of sp³-hybridized carbons (Fsp3) is 0.308. The van der Waals surface area contributed by atoms with Gasteiger partial charge >= 0.3 is 0 Å². The zero-order valence-electron chi connectivity index (χ0n) is 10.5. The highest BCUT2D eigenvalue weighted by Crippen LogP contribution is 2.16. The highest BCUT2D eigenvalue weighted by Gasteiger charge is 2.04. The molecule has 18 heavy (non-hydrogen) atoms. The van der Waals surface area contributed by atoms with Gasteiger partial charge in [0.15, 0.2) is 0 Å². The number of methoxy groups -OCH3 is 1. The molecule has 4 nitrogen and oxygen atoms in total. The first-order valence-electron chi connectivity index (χ1n) is 5.70. The second-order valence-electron chi connectivity index (χ2n) is 4.04. The Hall–Kier alpha value is -1.88. The quantitative estimate of drug-likeness (QED) is 0.879. The number of halogens is 1. The van der Waals surface area contributed by atoms with Gasteiger partial charge < -0.3 is 10.1 Å². The first-order chi connectivity index (χ1) is 8.69. The summed E-state index contributed by atoms with van der Waals surface area (Å²) in [7, 11) is 3.39. The molecule has 0 saturated carbocycles. The Morgan fingerprint density at radius 1 is 1.33 bits per heavy atom. The zero-order chi connectivity index (χ0) is 13.0. The van der Waals surface area contributed by atoms with Crippen molar-refractivity contribution < 1.29 is 9.13 Å². The minimum absolute atomic E-state index is 0.261. The number of hydrogen-bond acceptors (Lipinski definition) is 3. The maximum atomic E-state index is 13.6. The molecule has 0 radical (unpaired) electrons. The summed E-state index contributed by atoms with van der Waals surface area (Å²) in [4.78, 5) is 0. The summed E-state index contributed by atoms with van der Waals surface area (Å²) in [6, 6.07) is 6.79. The Morgan fingerprint density at radius 3 is 2.78 bits per heavy atom. The van der Waals surface area contributed by atoms with Crippen molar-refractivity contribution in [2.24, 2.45) is 7.05 Å². The Labute approximate surface area is 105 Å². The van der Waals surface area contributed by atoms with Crippen molar-refractivity contribution in [2.45, 2.75) is 13.1 Å². The van der Waals surface area contributed by atoms with Gasteiger partial charge in [-0.3, -0.25) is 4.68 Å². The first kappa shape index (κ1) is 12.6. The smallest absolute Gasteiger partial charge is 0.131 e. The average Bonchev–Trinajstić information content (AvgIpc) is 2.77. The molecule has 0 spiro atoms. The van der Waals surface area contributed by atoms with Crippen LogP contribution in [-0.4, -0.2) is 16.9 Å². The van der Waals surface area contributed by atoms with Gasteiger partial charge in [0.2, 0.25) is 0 Å². The van der Waals surface area contributed by atoms with Crippen LogP contribution in [0.5, 0.6) is 5.75 Å². The van der Waals surface area contributed by atoms with Crippen molar-refractivity contribution in [3.63, 3.8) is 0 Å². The molecule has 0 unspecified atom stereocenters. The number of hydrogen-bond donors (Lipinski definition) is 1. The first-order valence-corrected chi connectivity index (χ1v) is 5.70. The second kappa shape index (κ2) is 5.64. The lowest BCUT2D eigenvalue weighted by atomic mass is 10.2. The number of aromatic nitrogens is 2. The molecule has 1 aromatic heterocycles. The van der Waals surface area contributed by atoms with Gasteiger partial charge in [0.05, 0.1) is 12.8 Å². The van der Waals surface area contributed by atoms with Crippen molar-refractivity contribution in [2.75, 3.05) is 7.11 Å². The molecule has 0 amide bonds. The Bertz CT molecular complexity index is 525. The molecule has 1 N–H and O–H groups in total. The molecule has 0 atom stereocenters. The number of nitrogens with zero attached hydrogens (tertiary/aromatic N) is 2. The third kappa shape index (κ3) is 3.07. The summed E-state index contributed by atoms with van der Waals surface area (Å²) >= 11 is 0. The van der Waals surface area contributed by atoms with Crippen molar-refractivity contribution >= 4 is 0 Å². The fourth-order valence-corrected chi connectivity index (χ4v) is 1.68. The highest BCUT2D eigenvalue weighted by atomic mass is 19.1. The van der Waals surface area contributed by atoms with Crippen LogP contribution < -0.4 is 10.1 Å². The minimum atomic E-state index is -0.261. The largest absolute Gasteiger partial charge is 0.497 e. The summed E-state index contributed by atoms with van der Waals surface area (Å²) in [6.45, 7) is 1.08. The van der Waals surface area contributed by atoms with E-state index in [4.69, 9.17) is 4.74 Å². The van der Waals surface area contributed by atoms with Crippen LogP contribution in [-0.2, 0) is 20.1 Å². The van der Waals surface area contributed by atoms with Crippen molar-refractivity contribution in [3.05, 3.63) is 47.5 Å². The van der Waals surface area contributed by atoms with E-state index in [-0.39, 0.29) is 5.82 Å². The van der Waals surface area contributed by atoms with E-state index in [1.165, 1.54) is 13.2 Å². The third-order valence-electron chi connectivity index (χ3n) is 2.65. The summed E-state index contributed by atoms with van der Waals surface area (Å²) in [5, 5.41) is 7.39. The van der Waals surface area contributed by atoms with Crippen LogP contribution in [0.4, 0.5) is 4.39 Å². The molecular weight excluding hydrogens is 233 g/mol. The van der Waals surface area contributed by atoms with Crippen LogP contribution in [0.2, 0.25) is 0 Å². The molecule has 2 rings (SSSR count). The van der Waals surface area contributed by atoms with E-state index in [9.17, 15) is 4.39 Å². The monoisotopic (exact) mass is 249 g/mol. The number of aryl methyl sites for hydroxylation is 1. The molecule has 5 heteroatoms. The van der Waals surface area contributed by atoms with E-state index in [2.05, 4.69) is 10.4 Å². The molecule has 1 heterocycles. The molecule has 0 aliphatic heterocycles. The van der Waals surface area contributed by atoms with Crippen molar-refractivity contribution in [1.29, 1.82) is 0 Å². The van der Waals surface area contributed by atoms with Gasteiger partial charge in [-0.2, -0.15) is 5.10 Å². The van der Waals surface area contributed by atoms with Crippen LogP contribution in [0.25, 0.3) is 0 Å². The van der Waals surface area contributed by atoms with Crippen molar-refractivity contribution in [3.8, 4) is 5.75 Å². The van der Waals surface area contributed by atoms with Gasteiger partial charge in [0, 0.05) is 38.0 Å². The van der Waals surface area contributed by atoms with Crippen LogP contribution in [0.3, 0.4) is 0 Å². The standard InChI is InChI=1S/C13H16FN3O/c1-17-6-5-11(16-17)9-15-8-10-3-4-12(18-2)7-13(10)14/h3-7,15H,8-9H2,1-2H3. The Kier molecular flexibility index (Phi) is 3.94. The van der Waals surface area contributed by atoms with Gasteiger partial charge in [0.25, 0.3) is 0 Å². The maximum absolute atomic E-state index is 13.6. The normalized spacial score (nSPS) is 10.6. The number of benzene rings is 1. The lowest BCUT2D eigenvalue weighted by molar-refractivity contribution is 0.410. The summed E-state index contributed by atoms with van der Waals surface area (Å²) < 4.78 is 20.3. The minimum Gasteiger partial charge on any atom is -0.497 e. The van der Waals surface area contributed by atoms with Crippen LogP contribution in [0.15, 0.2) is 30.5 Å². The molecular formula is C13H16FN3O. The SMILES string of the molecule is COc1ccc(CNCc2ccn(C)n2)c(F)c1. The van der Waals surface area contributed by atoms with E-state index in [1.807, 2.05) is 19.3 Å². The average molecular weight is 249 g/mol. The number of ether oxygens (including phenoxy) is 1. The molecule has 0 bridgehead atoms. The van der Waals surface area contributed by atoms with E-state index < -0.39 is 0 Å². The lowest BCUT2D eigenvalue weighted by Crippen LogP contribution is -2.14. The molecule has 1 aromatic carbocycles. The van der Waals surface area contributed by atoms with Crippen LogP contribution in [0.1, 0.15) is 11.3 Å². The number of nitrogens with one attached hydrogen (secondary N) is 1. The topological polar surface area (TPSA) is 39.1 Å². The molecule has 0 aliphatic carbocycles. The second-order valence-corrected chi connectivity index (χ2v) is 4.04. The lowest BCUT2D eigenvalue weighted by Gasteiger charge is -2.06. The summed E-state index contributed by atoms with van der Waals surface area (Å²) in [5.74, 6) is 0.267.